The van der Waals surface area contributed by atoms with Crippen molar-refractivity contribution in [1.82, 2.24) is 14.7 Å². The van der Waals surface area contributed by atoms with Gasteiger partial charge >= 0.3 is 6.09 Å². The van der Waals surface area contributed by atoms with Crippen LogP contribution in [0.25, 0.3) is 0 Å². The maximum Gasteiger partial charge on any atom is 0.410 e. The number of likely N-dealkylation sites (N-methyl/N-ethyl adjacent to an activating group) is 1. The van der Waals surface area contributed by atoms with Crippen LogP contribution in [0.5, 0.6) is 0 Å². The third kappa shape index (κ3) is 4.56. The predicted octanol–water partition coefficient (Wildman–Crippen LogP) is 1.38. The average molecular weight is 408 g/mol. The van der Waals surface area contributed by atoms with E-state index in [0.717, 1.165) is 13.1 Å². The Morgan fingerprint density at radius 2 is 1.93 bits per heavy atom. The molecule has 0 bridgehead atoms. The molecule has 0 aliphatic carbocycles. The second-order valence-electron chi connectivity index (χ2n) is 7.13. The number of ether oxygens (including phenoxy) is 1. The summed E-state index contributed by atoms with van der Waals surface area (Å²) in [4.78, 5) is 41.4. The van der Waals surface area contributed by atoms with Crippen molar-refractivity contribution in [2.75, 3.05) is 39.8 Å². The molecule has 0 N–H and O–H groups in total. The van der Waals surface area contributed by atoms with Gasteiger partial charge in [0.25, 0.3) is 5.69 Å². The first-order valence-corrected chi connectivity index (χ1v) is 9.69. The molecule has 2 aliphatic heterocycles. The van der Waals surface area contributed by atoms with E-state index in [1.54, 1.807) is 23.1 Å². The monoisotopic (exact) mass is 408 g/mol. The molecule has 2 atom stereocenters. The van der Waals surface area contributed by atoms with Crippen molar-refractivity contribution >= 4 is 30.3 Å². The minimum atomic E-state index is -0.651. The van der Waals surface area contributed by atoms with E-state index in [9.17, 15) is 19.7 Å². The maximum atomic E-state index is 12.9. The highest BCUT2D eigenvalue weighted by Crippen LogP contribution is 2.26. The summed E-state index contributed by atoms with van der Waals surface area (Å²) in [5, 5.41) is 11.0. The molecular weight excluding hydrogens is 384 g/mol. The standard InChI is InChI=1S/C18H24N4O5S/c1-19-6-8-20(9-7-19)17(23)16-10-14(28)11-21(16)18(24)27-12-13-4-2-3-5-15(13)22(25)26/h2-5,14,16,28H,6-12H2,1H3/t14-,16-/m0/s1. The maximum absolute atomic E-state index is 12.9. The van der Waals surface area contributed by atoms with E-state index >= 15 is 0 Å². The number of rotatable bonds is 4. The number of likely N-dealkylation sites (tertiary alicyclic amines) is 1. The summed E-state index contributed by atoms with van der Waals surface area (Å²) in [6.45, 7) is 2.93. The molecule has 0 spiro atoms. The lowest BCUT2D eigenvalue weighted by atomic mass is 10.1. The number of hydrogen-bond acceptors (Lipinski definition) is 7. The Bertz CT molecular complexity index is 753. The van der Waals surface area contributed by atoms with Crippen molar-refractivity contribution < 1.29 is 19.2 Å². The summed E-state index contributed by atoms with van der Waals surface area (Å²) >= 11 is 4.44. The molecule has 0 unspecified atom stereocenters. The van der Waals surface area contributed by atoms with Crippen LogP contribution in [-0.4, -0.2) is 82.7 Å². The summed E-state index contributed by atoms with van der Waals surface area (Å²) in [7, 11) is 2.01. The van der Waals surface area contributed by atoms with Gasteiger partial charge in [-0.2, -0.15) is 12.6 Å². The van der Waals surface area contributed by atoms with Gasteiger partial charge in [-0.05, 0) is 19.5 Å². The summed E-state index contributed by atoms with van der Waals surface area (Å²) in [5.74, 6) is -0.0905. The van der Waals surface area contributed by atoms with Crippen LogP contribution in [-0.2, 0) is 16.1 Å². The van der Waals surface area contributed by atoms with Gasteiger partial charge in [0, 0.05) is 44.0 Å². The minimum Gasteiger partial charge on any atom is -0.444 e. The zero-order valence-corrected chi connectivity index (χ0v) is 16.6. The SMILES string of the molecule is CN1CCN(C(=O)[C@@H]2C[C@H](S)CN2C(=O)OCc2ccccc2[N+](=O)[O-])CC1. The van der Waals surface area contributed by atoms with E-state index in [1.807, 2.05) is 7.05 Å². The van der Waals surface area contributed by atoms with Gasteiger partial charge in [0.1, 0.15) is 12.6 Å². The van der Waals surface area contributed by atoms with Gasteiger partial charge in [0.2, 0.25) is 5.91 Å². The lowest BCUT2D eigenvalue weighted by Gasteiger charge is -2.35. The zero-order chi connectivity index (χ0) is 20.3. The number of nitro benzene ring substituents is 1. The number of nitro groups is 1. The Kier molecular flexibility index (Phi) is 6.40. The van der Waals surface area contributed by atoms with Gasteiger partial charge in [-0.3, -0.25) is 19.8 Å². The fourth-order valence-electron chi connectivity index (χ4n) is 3.52. The molecule has 1 aromatic rings. The lowest BCUT2D eigenvalue weighted by Crippen LogP contribution is -2.53. The highest BCUT2D eigenvalue weighted by atomic mass is 32.1. The zero-order valence-electron chi connectivity index (χ0n) is 15.7. The fourth-order valence-corrected chi connectivity index (χ4v) is 3.90. The normalized spacial score (nSPS) is 22.9. The highest BCUT2D eigenvalue weighted by molar-refractivity contribution is 7.81. The van der Waals surface area contributed by atoms with E-state index in [4.69, 9.17) is 4.74 Å². The third-order valence-corrected chi connectivity index (χ3v) is 5.53. The summed E-state index contributed by atoms with van der Waals surface area (Å²) in [5.41, 5.74) is 0.207. The number of carbonyl (C=O) groups is 2. The fraction of sp³-hybridized carbons (Fsp3) is 0.556. The molecule has 2 fully saturated rings. The molecule has 2 amide bonds. The molecule has 1 aromatic carbocycles. The van der Waals surface area contributed by atoms with Crippen LogP contribution >= 0.6 is 12.6 Å². The number of para-hydroxylation sites is 1. The molecule has 0 saturated carbocycles. The van der Waals surface area contributed by atoms with Crippen molar-refractivity contribution in [3.05, 3.63) is 39.9 Å². The van der Waals surface area contributed by atoms with Crippen molar-refractivity contribution in [3.63, 3.8) is 0 Å². The van der Waals surface area contributed by atoms with E-state index < -0.39 is 17.1 Å². The van der Waals surface area contributed by atoms with Crippen LogP contribution in [0, 0.1) is 10.1 Å². The molecule has 2 aliphatic rings. The molecule has 3 rings (SSSR count). The Labute approximate surface area is 168 Å². The van der Waals surface area contributed by atoms with Crippen LogP contribution in [0.1, 0.15) is 12.0 Å². The van der Waals surface area contributed by atoms with E-state index in [0.29, 0.717) is 31.6 Å². The average Bonchev–Trinajstić information content (AvgIpc) is 3.08. The third-order valence-electron chi connectivity index (χ3n) is 5.15. The van der Waals surface area contributed by atoms with E-state index in [2.05, 4.69) is 17.5 Å². The number of amides is 2. The molecule has 0 radical (unpaired) electrons. The highest BCUT2D eigenvalue weighted by Gasteiger charge is 2.41. The van der Waals surface area contributed by atoms with Crippen LogP contribution in [0.15, 0.2) is 24.3 Å². The number of benzene rings is 1. The van der Waals surface area contributed by atoms with Gasteiger partial charge in [-0.15, -0.1) is 0 Å². The van der Waals surface area contributed by atoms with Crippen LogP contribution in [0.4, 0.5) is 10.5 Å². The number of carbonyl (C=O) groups excluding carboxylic acids is 2. The summed E-state index contributed by atoms with van der Waals surface area (Å²) in [6.07, 6.45) is -0.184. The molecule has 2 heterocycles. The number of nitrogens with zero attached hydrogens (tertiary/aromatic N) is 4. The van der Waals surface area contributed by atoms with E-state index in [-0.39, 0.29) is 23.5 Å². The van der Waals surface area contributed by atoms with Crippen molar-refractivity contribution in [1.29, 1.82) is 0 Å². The first kappa shape index (κ1) is 20.4. The molecule has 0 aromatic heterocycles. The van der Waals surface area contributed by atoms with Crippen LogP contribution in [0.2, 0.25) is 0 Å². The van der Waals surface area contributed by atoms with Crippen molar-refractivity contribution in [2.45, 2.75) is 24.3 Å². The minimum absolute atomic E-state index is 0.0905. The first-order chi connectivity index (χ1) is 13.4. The number of thiol groups is 1. The second kappa shape index (κ2) is 8.78. The van der Waals surface area contributed by atoms with Gasteiger partial charge in [-0.25, -0.2) is 4.79 Å². The quantitative estimate of drug-likeness (QED) is 0.459. The topological polar surface area (TPSA) is 96.2 Å². The van der Waals surface area contributed by atoms with Gasteiger partial charge in [-0.1, -0.05) is 12.1 Å². The molecule has 10 heteroatoms. The summed E-state index contributed by atoms with van der Waals surface area (Å²) in [6, 6.07) is 5.51. The molecule has 2 saturated heterocycles. The Morgan fingerprint density at radius 3 is 2.61 bits per heavy atom. The Balaban J connectivity index is 1.65. The predicted molar refractivity (Wildman–Crippen MR) is 105 cm³/mol. The van der Waals surface area contributed by atoms with Gasteiger partial charge in [0.05, 0.1) is 10.5 Å². The number of hydrogen-bond donors (Lipinski definition) is 1. The molecule has 28 heavy (non-hydrogen) atoms. The van der Waals surface area contributed by atoms with E-state index in [1.165, 1.54) is 11.0 Å². The molecule has 9 nitrogen and oxygen atoms in total. The molecule has 152 valence electrons. The second-order valence-corrected chi connectivity index (χ2v) is 7.86. The largest absolute Gasteiger partial charge is 0.444 e. The Hall–Kier alpha value is -2.33. The van der Waals surface area contributed by atoms with Gasteiger partial charge < -0.3 is 14.5 Å². The smallest absolute Gasteiger partial charge is 0.410 e. The summed E-state index contributed by atoms with van der Waals surface area (Å²) < 4.78 is 5.31. The molecular formula is C18H24N4O5S. The number of piperazine rings is 1. The lowest BCUT2D eigenvalue weighted by molar-refractivity contribution is -0.385. The first-order valence-electron chi connectivity index (χ1n) is 9.18. The Morgan fingerprint density at radius 1 is 1.25 bits per heavy atom. The van der Waals surface area contributed by atoms with Gasteiger partial charge in [0.15, 0.2) is 0 Å². The van der Waals surface area contributed by atoms with Crippen molar-refractivity contribution in [3.8, 4) is 0 Å². The van der Waals surface area contributed by atoms with Crippen molar-refractivity contribution in [2.24, 2.45) is 0 Å². The van der Waals surface area contributed by atoms with Crippen LogP contribution in [0.3, 0.4) is 0 Å². The van der Waals surface area contributed by atoms with Crippen LogP contribution < -0.4 is 0 Å².